The molecule has 2 N–H and O–H groups in total. The van der Waals surface area contributed by atoms with Crippen molar-refractivity contribution < 1.29 is 23.9 Å². The molecule has 0 spiro atoms. The summed E-state index contributed by atoms with van der Waals surface area (Å²) in [6.07, 6.45) is 0.327. The van der Waals surface area contributed by atoms with Crippen molar-refractivity contribution in [2.24, 2.45) is 0 Å². The minimum Gasteiger partial charge on any atom is -0.495 e. The van der Waals surface area contributed by atoms with Crippen molar-refractivity contribution in [2.75, 3.05) is 12.4 Å². The minimum absolute atomic E-state index is 0.0799. The fourth-order valence-electron chi connectivity index (χ4n) is 2.34. The van der Waals surface area contributed by atoms with Crippen LogP contribution in [0.1, 0.15) is 19.4 Å². The topological polar surface area (TPSA) is 93.7 Å². The molecule has 0 aliphatic rings. The van der Waals surface area contributed by atoms with Crippen molar-refractivity contribution in [3.63, 3.8) is 0 Å². The Balaban J connectivity index is 2.12. The third-order valence-electron chi connectivity index (χ3n) is 3.71. The molecule has 2 aromatic carbocycles. The van der Waals surface area contributed by atoms with Crippen LogP contribution >= 0.6 is 11.6 Å². The van der Waals surface area contributed by atoms with Gasteiger partial charge >= 0.3 is 5.97 Å². The molecule has 152 valence electrons. The lowest BCUT2D eigenvalue weighted by atomic mass is 10.2. The van der Waals surface area contributed by atoms with Gasteiger partial charge in [-0.05, 0) is 36.8 Å². The predicted molar refractivity (Wildman–Crippen MR) is 110 cm³/mol. The predicted octanol–water partition coefficient (Wildman–Crippen LogP) is 3.40. The molecule has 7 nitrogen and oxygen atoms in total. The molecule has 29 heavy (non-hydrogen) atoms. The van der Waals surface area contributed by atoms with Crippen molar-refractivity contribution in [3.05, 3.63) is 64.8 Å². The number of amides is 2. The number of benzene rings is 2. The van der Waals surface area contributed by atoms with Gasteiger partial charge in [-0.25, -0.2) is 4.79 Å². The monoisotopic (exact) mass is 416 g/mol. The highest BCUT2D eigenvalue weighted by molar-refractivity contribution is 6.31. The van der Waals surface area contributed by atoms with E-state index in [1.165, 1.54) is 33.1 Å². The summed E-state index contributed by atoms with van der Waals surface area (Å²) in [5.41, 5.74) is 0.951. The van der Waals surface area contributed by atoms with Gasteiger partial charge in [-0.3, -0.25) is 9.59 Å². The van der Waals surface area contributed by atoms with Gasteiger partial charge in [0.15, 0.2) is 6.10 Å². The fourth-order valence-corrected chi connectivity index (χ4v) is 2.51. The average molecular weight is 417 g/mol. The van der Waals surface area contributed by atoms with Crippen molar-refractivity contribution in [1.82, 2.24) is 5.32 Å². The second-order valence-electron chi connectivity index (χ2n) is 6.03. The number of esters is 1. The first kappa shape index (κ1) is 22.0. The summed E-state index contributed by atoms with van der Waals surface area (Å²) in [4.78, 5) is 36.4. The van der Waals surface area contributed by atoms with Gasteiger partial charge in [0, 0.05) is 11.9 Å². The summed E-state index contributed by atoms with van der Waals surface area (Å²) in [6.45, 7) is 2.69. The first-order valence-corrected chi connectivity index (χ1v) is 9.07. The third-order valence-corrected chi connectivity index (χ3v) is 3.95. The largest absolute Gasteiger partial charge is 0.495 e. The number of methoxy groups -OCH3 is 1. The van der Waals surface area contributed by atoms with E-state index in [4.69, 9.17) is 21.1 Å². The van der Waals surface area contributed by atoms with E-state index in [1.807, 2.05) is 6.07 Å². The fraction of sp³-hybridized carbons (Fsp3) is 0.190. The highest BCUT2D eigenvalue weighted by Crippen LogP contribution is 2.27. The number of hydrogen-bond donors (Lipinski definition) is 2. The van der Waals surface area contributed by atoms with Crippen LogP contribution in [0.4, 0.5) is 5.69 Å². The van der Waals surface area contributed by atoms with Crippen molar-refractivity contribution in [2.45, 2.75) is 20.0 Å². The average Bonchev–Trinajstić information content (AvgIpc) is 2.68. The number of rotatable bonds is 7. The summed E-state index contributed by atoms with van der Waals surface area (Å²) in [7, 11) is 1.45. The van der Waals surface area contributed by atoms with E-state index in [9.17, 15) is 14.4 Å². The lowest BCUT2D eigenvalue weighted by molar-refractivity contribution is -0.149. The van der Waals surface area contributed by atoms with Crippen LogP contribution in [0.2, 0.25) is 5.02 Å². The smallest absolute Gasteiger partial charge is 0.355 e. The highest BCUT2D eigenvalue weighted by atomic mass is 35.5. The molecule has 0 saturated heterocycles. The third kappa shape index (κ3) is 6.65. The zero-order valence-electron chi connectivity index (χ0n) is 16.2. The van der Waals surface area contributed by atoms with Crippen molar-refractivity contribution in [1.29, 1.82) is 0 Å². The maximum Gasteiger partial charge on any atom is 0.355 e. The maximum atomic E-state index is 12.5. The van der Waals surface area contributed by atoms with Gasteiger partial charge in [-0.1, -0.05) is 41.9 Å². The van der Waals surface area contributed by atoms with E-state index in [0.29, 0.717) is 22.0 Å². The first-order chi connectivity index (χ1) is 13.8. The Labute approximate surface area is 173 Å². The van der Waals surface area contributed by atoms with Gasteiger partial charge in [-0.15, -0.1) is 0 Å². The SMILES string of the molecule is COc1ccc(Cl)cc1NC(=O)[C@@H](C)OC(=O)/C(=C/c1ccccc1)NC(C)=O. The van der Waals surface area contributed by atoms with E-state index in [1.54, 1.807) is 36.4 Å². The number of anilines is 1. The quantitative estimate of drug-likeness (QED) is 0.533. The lowest BCUT2D eigenvalue weighted by Crippen LogP contribution is -2.33. The molecule has 0 aliphatic heterocycles. The van der Waals surface area contributed by atoms with Crippen LogP contribution in [0.15, 0.2) is 54.2 Å². The molecule has 0 aliphatic carbocycles. The molecule has 8 heteroatoms. The summed E-state index contributed by atoms with van der Waals surface area (Å²) >= 11 is 5.95. The number of halogens is 1. The van der Waals surface area contributed by atoms with Crippen LogP contribution in [0.3, 0.4) is 0 Å². The van der Waals surface area contributed by atoms with Gasteiger partial charge in [-0.2, -0.15) is 0 Å². The minimum atomic E-state index is -1.14. The summed E-state index contributed by atoms with van der Waals surface area (Å²) in [5, 5.41) is 5.44. The van der Waals surface area contributed by atoms with Crippen LogP contribution in [-0.4, -0.2) is 31.0 Å². The molecular formula is C21H21ClN2O5. The summed E-state index contributed by atoms with van der Waals surface area (Å²) in [5.74, 6) is -1.46. The molecule has 0 saturated carbocycles. The molecule has 2 rings (SSSR count). The van der Waals surface area contributed by atoms with Crippen LogP contribution in [0.25, 0.3) is 6.08 Å². The Morgan fingerprint density at radius 3 is 2.41 bits per heavy atom. The van der Waals surface area contributed by atoms with Crippen LogP contribution in [-0.2, 0) is 19.1 Å². The molecule has 0 aromatic heterocycles. The van der Waals surface area contributed by atoms with E-state index >= 15 is 0 Å². The second-order valence-corrected chi connectivity index (χ2v) is 6.47. The molecule has 2 aromatic rings. The Hall–Kier alpha value is -3.32. The molecule has 2 amide bonds. The second kappa shape index (κ2) is 10.3. The zero-order valence-corrected chi connectivity index (χ0v) is 16.9. The molecule has 0 unspecified atom stereocenters. The van der Waals surface area contributed by atoms with Crippen molar-refractivity contribution >= 4 is 41.1 Å². The molecule has 1 atom stereocenters. The van der Waals surface area contributed by atoms with Gasteiger partial charge in [0.25, 0.3) is 5.91 Å². The van der Waals surface area contributed by atoms with Crippen LogP contribution in [0.5, 0.6) is 5.75 Å². The standard InChI is InChI=1S/C21H21ClN2O5/c1-13(20(26)24-17-12-16(22)9-10-19(17)28-3)29-21(27)18(23-14(2)25)11-15-7-5-4-6-8-15/h4-13H,1-3H3,(H,23,25)(H,24,26)/b18-11-/t13-/m1/s1. The maximum absolute atomic E-state index is 12.5. The Morgan fingerprint density at radius 2 is 1.79 bits per heavy atom. The molecular weight excluding hydrogens is 396 g/mol. The van der Waals surface area contributed by atoms with Gasteiger partial charge < -0.3 is 20.1 Å². The van der Waals surface area contributed by atoms with Crippen LogP contribution < -0.4 is 15.4 Å². The number of carbonyl (C=O) groups excluding carboxylic acids is 3. The highest BCUT2D eigenvalue weighted by Gasteiger charge is 2.22. The molecule has 0 fully saturated rings. The molecule has 0 bridgehead atoms. The Morgan fingerprint density at radius 1 is 1.10 bits per heavy atom. The molecule has 0 heterocycles. The molecule has 0 radical (unpaired) electrons. The van der Waals surface area contributed by atoms with Gasteiger partial charge in [0.05, 0.1) is 12.8 Å². The summed E-state index contributed by atoms with van der Waals surface area (Å²) < 4.78 is 10.4. The number of hydrogen-bond acceptors (Lipinski definition) is 5. The lowest BCUT2D eigenvalue weighted by Gasteiger charge is -2.16. The number of carbonyl (C=O) groups is 3. The Bertz CT molecular complexity index is 928. The normalized spacial score (nSPS) is 11.9. The van der Waals surface area contributed by atoms with Crippen LogP contribution in [0, 0.1) is 0 Å². The van der Waals surface area contributed by atoms with E-state index in [2.05, 4.69) is 10.6 Å². The van der Waals surface area contributed by atoms with E-state index in [0.717, 1.165) is 0 Å². The Kier molecular flexibility index (Phi) is 7.79. The van der Waals surface area contributed by atoms with Gasteiger partial charge in [0.2, 0.25) is 5.91 Å². The van der Waals surface area contributed by atoms with Crippen molar-refractivity contribution in [3.8, 4) is 5.75 Å². The van der Waals surface area contributed by atoms with E-state index in [-0.39, 0.29) is 5.70 Å². The number of nitrogens with one attached hydrogen (secondary N) is 2. The zero-order chi connectivity index (χ0) is 21.4. The number of ether oxygens (including phenoxy) is 2. The first-order valence-electron chi connectivity index (χ1n) is 8.70. The van der Waals surface area contributed by atoms with E-state index < -0.39 is 23.9 Å². The van der Waals surface area contributed by atoms with Gasteiger partial charge in [0.1, 0.15) is 11.4 Å². The summed E-state index contributed by atoms with van der Waals surface area (Å²) in [6, 6.07) is 13.7.